The van der Waals surface area contributed by atoms with Crippen molar-refractivity contribution >= 4 is 29.1 Å². The highest BCUT2D eigenvalue weighted by Crippen LogP contribution is 2.23. The van der Waals surface area contributed by atoms with E-state index in [-0.39, 0.29) is 5.91 Å². The molecule has 1 aromatic heterocycles. The zero-order valence-corrected chi connectivity index (χ0v) is 12.3. The van der Waals surface area contributed by atoms with Crippen LogP contribution in [0.15, 0.2) is 30.3 Å². The summed E-state index contributed by atoms with van der Waals surface area (Å²) < 4.78 is 0. The maximum Gasteiger partial charge on any atom is 0.274 e. The van der Waals surface area contributed by atoms with E-state index in [1.165, 1.54) is 0 Å². The van der Waals surface area contributed by atoms with Gasteiger partial charge in [0.1, 0.15) is 5.69 Å². The smallest absolute Gasteiger partial charge is 0.274 e. The lowest BCUT2D eigenvalue weighted by molar-refractivity contribution is 0.102. The molecule has 1 heterocycles. The van der Waals surface area contributed by atoms with Gasteiger partial charge in [0.15, 0.2) is 0 Å². The fourth-order valence-corrected chi connectivity index (χ4v) is 2.11. The van der Waals surface area contributed by atoms with Crippen LogP contribution in [0.1, 0.15) is 29.0 Å². The molecule has 0 aliphatic heterocycles. The van der Waals surface area contributed by atoms with Crippen LogP contribution in [0.5, 0.6) is 0 Å². The molecular weight excluding hydrogens is 288 g/mol. The van der Waals surface area contributed by atoms with Crippen molar-refractivity contribution in [3.05, 3.63) is 46.7 Å². The topological polar surface area (TPSA) is 66.9 Å². The van der Waals surface area contributed by atoms with Crippen molar-refractivity contribution in [1.82, 2.24) is 9.97 Å². The molecule has 1 aromatic carbocycles. The third-order valence-corrected chi connectivity index (χ3v) is 3.32. The number of halogens is 1. The summed E-state index contributed by atoms with van der Waals surface area (Å²) in [7, 11) is 0. The maximum absolute atomic E-state index is 12.3. The van der Waals surface area contributed by atoms with E-state index in [1.807, 2.05) is 6.92 Å². The van der Waals surface area contributed by atoms with Gasteiger partial charge in [-0.2, -0.15) is 0 Å². The van der Waals surface area contributed by atoms with Crippen LogP contribution in [-0.2, 0) is 0 Å². The molecule has 2 aromatic rings. The number of carbonyl (C=O) groups excluding carboxylic acids is 1. The number of amides is 1. The molecule has 1 saturated carbocycles. The van der Waals surface area contributed by atoms with E-state index in [4.69, 9.17) is 11.6 Å². The Labute approximate surface area is 127 Å². The Morgan fingerprint density at radius 2 is 2.10 bits per heavy atom. The van der Waals surface area contributed by atoms with Gasteiger partial charge < -0.3 is 10.6 Å². The van der Waals surface area contributed by atoms with E-state index in [2.05, 4.69) is 20.6 Å². The SMILES string of the molecule is Cc1cc(C(=O)Nc2cccc(Cl)c2)nc(NC2CC2)n1. The van der Waals surface area contributed by atoms with Crippen LogP contribution in [0, 0.1) is 6.92 Å². The Bertz CT molecular complexity index is 685. The lowest BCUT2D eigenvalue weighted by Gasteiger charge is -2.08. The van der Waals surface area contributed by atoms with Crippen molar-refractivity contribution in [1.29, 1.82) is 0 Å². The number of nitrogens with one attached hydrogen (secondary N) is 2. The quantitative estimate of drug-likeness (QED) is 0.909. The van der Waals surface area contributed by atoms with Gasteiger partial charge in [-0.3, -0.25) is 4.79 Å². The van der Waals surface area contributed by atoms with Gasteiger partial charge in [-0.25, -0.2) is 9.97 Å². The molecule has 0 unspecified atom stereocenters. The molecular formula is C15H15ClN4O. The molecule has 0 atom stereocenters. The van der Waals surface area contributed by atoms with Crippen molar-refractivity contribution in [3.8, 4) is 0 Å². The predicted octanol–water partition coefficient (Wildman–Crippen LogP) is 3.27. The Hall–Kier alpha value is -2.14. The first-order valence-corrected chi connectivity index (χ1v) is 7.17. The summed E-state index contributed by atoms with van der Waals surface area (Å²) in [4.78, 5) is 20.8. The summed E-state index contributed by atoms with van der Waals surface area (Å²) in [6.07, 6.45) is 2.25. The summed E-state index contributed by atoms with van der Waals surface area (Å²) in [5, 5.41) is 6.55. The first-order valence-electron chi connectivity index (χ1n) is 6.79. The van der Waals surface area contributed by atoms with Crippen LogP contribution in [0.25, 0.3) is 0 Å². The van der Waals surface area contributed by atoms with E-state index in [0.29, 0.717) is 28.4 Å². The van der Waals surface area contributed by atoms with E-state index < -0.39 is 0 Å². The maximum atomic E-state index is 12.3. The molecule has 0 bridgehead atoms. The first-order chi connectivity index (χ1) is 10.1. The second-order valence-corrected chi connectivity index (χ2v) is 5.54. The lowest BCUT2D eigenvalue weighted by Crippen LogP contribution is -2.16. The molecule has 1 fully saturated rings. The third-order valence-electron chi connectivity index (χ3n) is 3.08. The van der Waals surface area contributed by atoms with Crippen molar-refractivity contribution < 1.29 is 4.79 Å². The molecule has 108 valence electrons. The van der Waals surface area contributed by atoms with Crippen molar-refractivity contribution in [2.75, 3.05) is 10.6 Å². The minimum Gasteiger partial charge on any atom is -0.351 e. The average molecular weight is 303 g/mol. The molecule has 0 saturated heterocycles. The molecule has 5 nitrogen and oxygen atoms in total. The van der Waals surface area contributed by atoms with Crippen LogP contribution < -0.4 is 10.6 Å². The predicted molar refractivity (Wildman–Crippen MR) is 82.8 cm³/mol. The monoisotopic (exact) mass is 302 g/mol. The van der Waals surface area contributed by atoms with Gasteiger partial charge in [0, 0.05) is 22.4 Å². The number of nitrogens with zero attached hydrogens (tertiary/aromatic N) is 2. The minimum absolute atomic E-state index is 0.276. The third kappa shape index (κ3) is 3.70. The second kappa shape index (κ2) is 5.69. The zero-order valence-electron chi connectivity index (χ0n) is 11.6. The minimum atomic E-state index is -0.276. The molecule has 0 spiro atoms. The summed E-state index contributed by atoms with van der Waals surface area (Å²) in [5.41, 5.74) is 1.73. The number of hydrogen-bond acceptors (Lipinski definition) is 4. The number of aryl methyl sites for hydroxylation is 1. The van der Waals surface area contributed by atoms with Gasteiger partial charge in [-0.05, 0) is 44.0 Å². The van der Waals surface area contributed by atoms with Crippen LogP contribution in [0.4, 0.5) is 11.6 Å². The number of rotatable bonds is 4. The van der Waals surface area contributed by atoms with Crippen molar-refractivity contribution in [2.24, 2.45) is 0 Å². The first kappa shape index (κ1) is 13.8. The Balaban J connectivity index is 1.78. The second-order valence-electron chi connectivity index (χ2n) is 5.10. The standard InChI is InChI=1S/C15H15ClN4O/c1-9-7-13(20-15(17-9)19-11-5-6-11)14(21)18-12-4-2-3-10(16)8-12/h2-4,7-8,11H,5-6H2,1H3,(H,18,21)(H,17,19,20). The Morgan fingerprint density at radius 1 is 1.29 bits per heavy atom. The van der Waals surface area contributed by atoms with Gasteiger partial charge in [0.25, 0.3) is 5.91 Å². The molecule has 2 N–H and O–H groups in total. The molecule has 6 heteroatoms. The lowest BCUT2D eigenvalue weighted by atomic mass is 10.3. The van der Waals surface area contributed by atoms with E-state index in [0.717, 1.165) is 18.5 Å². The molecule has 1 aliphatic rings. The normalized spacial score (nSPS) is 13.8. The summed E-state index contributed by atoms with van der Waals surface area (Å²) in [6.45, 7) is 1.84. The van der Waals surface area contributed by atoms with Gasteiger partial charge in [-0.1, -0.05) is 17.7 Å². The summed E-state index contributed by atoms with van der Waals surface area (Å²) >= 11 is 5.90. The largest absolute Gasteiger partial charge is 0.351 e. The van der Waals surface area contributed by atoms with Crippen LogP contribution >= 0.6 is 11.6 Å². The number of carbonyl (C=O) groups is 1. The van der Waals surface area contributed by atoms with Crippen LogP contribution in [-0.4, -0.2) is 21.9 Å². The number of anilines is 2. The molecule has 1 amide bonds. The molecule has 21 heavy (non-hydrogen) atoms. The number of benzene rings is 1. The fraction of sp³-hybridized carbons (Fsp3) is 0.267. The van der Waals surface area contributed by atoms with Gasteiger partial charge in [-0.15, -0.1) is 0 Å². The number of hydrogen-bond donors (Lipinski definition) is 2. The molecule has 3 rings (SSSR count). The van der Waals surface area contributed by atoms with E-state index in [9.17, 15) is 4.79 Å². The Kier molecular flexibility index (Phi) is 3.75. The van der Waals surface area contributed by atoms with Crippen LogP contribution in [0.2, 0.25) is 5.02 Å². The van der Waals surface area contributed by atoms with Gasteiger partial charge >= 0.3 is 0 Å². The average Bonchev–Trinajstić information content (AvgIpc) is 3.22. The highest BCUT2D eigenvalue weighted by atomic mass is 35.5. The van der Waals surface area contributed by atoms with Crippen molar-refractivity contribution in [3.63, 3.8) is 0 Å². The van der Waals surface area contributed by atoms with Gasteiger partial charge in [0.05, 0.1) is 0 Å². The summed E-state index contributed by atoms with van der Waals surface area (Å²) in [5.74, 6) is 0.232. The van der Waals surface area contributed by atoms with Gasteiger partial charge in [0.2, 0.25) is 5.95 Å². The molecule has 0 radical (unpaired) electrons. The van der Waals surface area contributed by atoms with E-state index in [1.54, 1.807) is 30.3 Å². The molecule has 1 aliphatic carbocycles. The fourth-order valence-electron chi connectivity index (χ4n) is 1.92. The summed E-state index contributed by atoms with van der Waals surface area (Å²) in [6, 6.07) is 9.11. The van der Waals surface area contributed by atoms with Crippen LogP contribution in [0.3, 0.4) is 0 Å². The van der Waals surface area contributed by atoms with E-state index >= 15 is 0 Å². The zero-order chi connectivity index (χ0) is 14.8. The van der Waals surface area contributed by atoms with Crippen molar-refractivity contribution in [2.45, 2.75) is 25.8 Å². The Morgan fingerprint density at radius 3 is 2.81 bits per heavy atom. The highest BCUT2D eigenvalue weighted by Gasteiger charge is 2.22. The number of aromatic nitrogens is 2. The highest BCUT2D eigenvalue weighted by molar-refractivity contribution is 6.30.